The predicted octanol–water partition coefficient (Wildman–Crippen LogP) is -2.70. The van der Waals surface area contributed by atoms with Crippen molar-refractivity contribution in [2.45, 2.75) is 134 Å². The number of hydrogen-bond donors (Lipinski definition) is 14. The van der Waals surface area contributed by atoms with Gasteiger partial charge in [-0.2, -0.15) is 0 Å². The zero-order valence-electron chi connectivity index (χ0n) is 39.2. The molecular weight excluding hydrogens is 905 g/mol. The van der Waals surface area contributed by atoms with E-state index in [2.05, 4.69) is 47.2 Å². The maximum atomic E-state index is 13.9. The summed E-state index contributed by atoms with van der Waals surface area (Å²) >= 11 is 0. The highest BCUT2D eigenvalue weighted by molar-refractivity contribution is 5.98. The van der Waals surface area contributed by atoms with E-state index in [-0.39, 0.29) is 49.8 Å². The number of phenols is 1. The second kappa shape index (κ2) is 29.6. The van der Waals surface area contributed by atoms with E-state index in [0.29, 0.717) is 30.5 Å². The highest BCUT2D eigenvalue weighted by Crippen LogP contribution is 2.14. The second-order valence-corrected chi connectivity index (χ2v) is 17.1. The summed E-state index contributed by atoms with van der Waals surface area (Å²) in [5, 5.41) is 46.3. The molecule has 8 amide bonds. The zero-order valence-corrected chi connectivity index (χ0v) is 39.2. The molecule has 0 unspecified atom stereocenters. The molecule has 0 bridgehead atoms. The van der Waals surface area contributed by atoms with E-state index >= 15 is 0 Å². The van der Waals surface area contributed by atoms with Gasteiger partial charge in [0.15, 0.2) is 0 Å². The summed E-state index contributed by atoms with van der Waals surface area (Å²) in [5.74, 6) is -10.7. The van der Waals surface area contributed by atoms with E-state index in [0.717, 1.165) is 0 Å². The Balaban J connectivity index is 2.36. The molecule has 0 radical (unpaired) electrons. The van der Waals surface area contributed by atoms with Gasteiger partial charge in [-0.25, -0.2) is 9.78 Å². The maximum absolute atomic E-state index is 13.9. The molecule has 8 atom stereocenters. The monoisotopic (exact) mass is 973 g/mol. The van der Waals surface area contributed by atoms with Gasteiger partial charge in [0.25, 0.3) is 0 Å². The summed E-state index contributed by atoms with van der Waals surface area (Å²) < 4.78 is 0. The molecule has 2 rings (SSSR count). The first kappa shape index (κ1) is 58.0. The summed E-state index contributed by atoms with van der Waals surface area (Å²) in [4.78, 5) is 137. The topological polar surface area (TPSA) is 422 Å². The number of nitrogens with two attached hydrogens (primary N) is 3. The van der Waals surface area contributed by atoms with Crippen LogP contribution in [-0.4, -0.2) is 140 Å². The average Bonchev–Trinajstić information content (AvgIpc) is 3.81. The number of carboxylic acid groups (broad SMARTS) is 2. The van der Waals surface area contributed by atoms with Gasteiger partial charge in [0.1, 0.15) is 42.0 Å². The molecule has 0 spiro atoms. The Hall–Kier alpha value is -7.15. The number of nitrogens with zero attached hydrogens (tertiary/aromatic N) is 1. The van der Waals surface area contributed by atoms with Gasteiger partial charge in [0.2, 0.25) is 47.3 Å². The van der Waals surface area contributed by atoms with E-state index in [1.165, 1.54) is 36.8 Å². The number of aromatic nitrogens is 2. The highest BCUT2D eigenvalue weighted by atomic mass is 16.4. The fourth-order valence-electron chi connectivity index (χ4n) is 6.70. The number of unbranched alkanes of at least 4 members (excludes halogenated alkanes) is 1. The van der Waals surface area contributed by atoms with Crippen LogP contribution in [0.25, 0.3) is 0 Å². The number of benzene rings is 1. The Morgan fingerprint density at radius 3 is 1.81 bits per heavy atom. The molecular formula is C44H68N12O13. The van der Waals surface area contributed by atoms with Crippen molar-refractivity contribution in [1.29, 1.82) is 0 Å². The minimum atomic E-state index is -1.93. The van der Waals surface area contributed by atoms with E-state index in [9.17, 15) is 63.3 Å². The Morgan fingerprint density at radius 2 is 1.26 bits per heavy atom. The van der Waals surface area contributed by atoms with Crippen molar-refractivity contribution < 1.29 is 63.3 Å². The lowest BCUT2D eigenvalue weighted by Gasteiger charge is -2.26. The number of nitrogens with one attached hydrogen (secondary N) is 8. The molecule has 1 aromatic heterocycles. The third-order valence-electron chi connectivity index (χ3n) is 10.8. The summed E-state index contributed by atoms with van der Waals surface area (Å²) in [6.07, 6.45) is 1.69. The van der Waals surface area contributed by atoms with Crippen LogP contribution in [0.5, 0.6) is 5.75 Å². The molecule has 17 N–H and O–H groups in total. The van der Waals surface area contributed by atoms with Crippen LogP contribution in [0.2, 0.25) is 0 Å². The Kier molecular flexibility index (Phi) is 24.8. The number of carbonyl (C=O) groups is 10. The van der Waals surface area contributed by atoms with Crippen LogP contribution in [0.1, 0.15) is 90.3 Å². The lowest BCUT2D eigenvalue weighted by atomic mass is 9.97. The summed E-state index contributed by atoms with van der Waals surface area (Å²) in [7, 11) is 0. The molecule has 0 saturated heterocycles. The van der Waals surface area contributed by atoms with Gasteiger partial charge in [0, 0.05) is 31.2 Å². The Bertz CT molecular complexity index is 2050. The molecule has 0 fully saturated rings. The number of aliphatic carboxylic acids is 2. The van der Waals surface area contributed by atoms with Crippen molar-refractivity contribution in [3.63, 3.8) is 0 Å². The molecule has 2 aromatic rings. The Morgan fingerprint density at radius 1 is 0.696 bits per heavy atom. The number of aromatic amines is 1. The number of rotatable bonds is 32. The fourth-order valence-corrected chi connectivity index (χ4v) is 6.70. The predicted molar refractivity (Wildman–Crippen MR) is 247 cm³/mol. The van der Waals surface area contributed by atoms with Crippen LogP contribution in [0.3, 0.4) is 0 Å². The highest BCUT2D eigenvalue weighted by Gasteiger charge is 2.34. The molecule has 1 heterocycles. The fraction of sp³-hybridized carbons (Fsp3) is 0.568. The summed E-state index contributed by atoms with van der Waals surface area (Å²) in [6.45, 7) is 6.92. The molecule has 25 heteroatoms. The molecule has 25 nitrogen and oxygen atoms in total. The first-order chi connectivity index (χ1) is 32.5. The SMILES string of the molecule is CC[C@H](C)[C@H](N)C(=O)N[C@@H](CC(C)C)C(=O)NCC(=O)N[C@@H](Cc1cnc[nH]1)C(=O)N[C@@H](CCC(N)=O)C(=O)N[C@@H](CC(=O)O)C(=O)N[C@@H](Cc1ccc(O)cc1)C(=O)N[C@@H](CCCCN)C(=O)O. The van der Waals surface area contributed by atoms with Gasteiger partial charge in [-0.15, -0.1) is 0 Å². The number of primary amides is 1. The van der Waals surface area contributed by atoms with Crippen molar-refractivity contribution >= 4 is 59.2 Å². The first-order valence-corrected chi connectivity index (χ1v) is 22.6. The number of H-pyrrole nitrogens is 1. The van der Waals surface area contributed by atoms with Crippen LogP contribution in [0.15, 0.2) is 36.8 Å². The maximum Gasteiger partial charge on any atom is 0.326 e. The van der Waals surface area contributed by atoms with Crippen LogP contribution in [0.4, 0.5) is 0 Å². The number of imidazole rings is 1. The number of amides is 8. The molecule has 382 valence electrons. The third-order valence-corrected chi connectivity index (χ3v) is 10.8. The van der Waals surface area contributed by atoms with Crippen LogP contribution < -0.4 is 54.4 Å². The van der Waals surface area contributed by atoms with Crippen molar-refractivity contribution in [3.8, 4) is 5.75 Å². The summed E-state index contributed by atoms with van der Waals surface area (Å²) in [6, 6.07) is -4.55. The number of carbonyl (C=O) groups excluding carboxylic acids is 8. The number of aromatic hydroxyl groups is 1. The number of hydrogen-bond acceptors (Lipinski definition) is 14. The summed E-state index contributed by atoms with van der Waals surface area (Å²) in [5.41, 5.74) is 17.7. The molecule has 69 heavy (non-hydrogen) atoms. The van der Waals surface area contributed by atoms with Crippen molar-refractivity contribution in [3.05, 3.63) is 48.0 Å². The first-order valence-electron chi connectivity index (χ1n) is 22.6. The molecule has 0 aliphatic rings. The number of phenolic OH excluding ortho intramolecular Hbond substituents is 1. The van der Waals surface area contributed by atoms with Gasteiger partial charge < -0.3 is 74.7 Å². The van der Waals surface area contributed by atoms with Gasteiger partial charge in [-0.05, 0) is 68.2 Å². The van der Waals surface area contributed by atoms with Crippen molar-refractivity contribution in [2.75, 3.05) is 13.1 Å². The normalized spacial score (nSPS) is 14.5. The molecule has 1 aromatic carbocycles. The lowest BCUT2D eigenvalue weighted by Crippen LogP contribution is -2.60. The van der Waals surface area contributed by atoms with Gasteiger partial charge in [-0.3, -0.25) is 43.2 Å². The average molecular weight is 973 g/mol. The third kappa shape index (κ3) is 21.6. The molecule has 0 saturated carbocycles. The van der Waals surface area contributed by atoms with Gasteiger partial charge in [-0.1, -0.05) is 46.2 Å². The van der Waals surface area contributed by atoms with E-state index in [1.807, 2.05) is 20.8 Å². The smallest absolute Gasteiger partial charge is 0.326 e. The zero-order chi connectivity index (χ0) is 51.8. The lowest BCUT2D eigenvalue weighted by molar-refractivity contribution is -0.143. The largest absolute Gasteiger partial charge is 0.508 e. The minimum absolute atomic E-state index is 0.00826. The standard InChI is InChI=1S/C44H68N12O13/c1-5-24(4)37(47)43(67)56-30(16-23(2)3)38(62)49-21-35(59)51-32(18-26-20-48-22-50-26)41(65)52-28(13-14-34(46)58)39(63)55-33(19-36(60)61)42(66)54-31(17-25-9-11-27(57)12-10-25)40(64)53-29(44(68)69)8-6-7-15-45/h9-12,20,22-24,28-33,37,57H,5-8,13-19,21,45,47H2,1-4H3,(H2,46,58)(H,48,50)(H,49,62)(H,51,59)(H,52,65)(H,53,64)(H,54,66)(H,55,63)(H,56,67)(H,60,61)(H,68,69)/t24-,28-,29-,30-,31-,32-,33-,37-/m0/s1. The molecule has 0 aliphatic carbocycles. The van der Waals surface area contributed by atoms with Crippen LogP contribution >= 0.6 is 0 Å². The van der Waals surface area contributed by atoms with Gasteiger partial charge >= 0.3 is 11.9 Å². The van der Waals surface area contributed by atoms with Crippen LogP contribution in [0, 0.1) is 11.8 Å². The van der Waals surface area contributed by atoms with E-state index in [1.54, 1.807) is 6.92 Å². The second-order valence-electron chi connectivity index (χ2n) is 17.1. The van der Waals surface area contributed by atoms with Crippen LogP contribution in [-0.2, 0) is 60.8 Å². The van der Waals surface area contributed by atoms with Crippen molar-refractivity contribution in [1.82, 2.24) is 47.2 Å². The quantitative estimate of drug-likeness (QED) is 0.0332. The van der Waals surface area contributed by atoms with Crippen molar-refractivity contribution in [2.24, 2.45) is 29.0 Å². The number of carboxylic acids is 2. The van der Waals surface area contributed by atoms with Gasteiger partial charge in [0.05, 0.1) is 25.3 Å². The minimum Gasteiger partial charge on any atom is -0.508 e. The van der Waals surface area contributed by atoms with E-state index < -0.39 is 127 Å². The Labute approximate surface area is 399 Å². The van der Waals surface area contributed by atoms with E-state index in [4.69, 9.17) is 17.2 Å². The molecule has 0 aliphatic heterocycles.